The van der Waals surface area contributed by atoms with Gasteiger partial charge in [-0.15, -0.1) is 11.6 Å². The predicted molar refractivity (Wildman–Crippen MR) is 45.9 cm³/mol. The lowest BCUT2D eigenvalue weighted by Gasteiger charge is -2.18. The summed E-state index contributed by atoms with van der Waals surface area (Å²) in [7, 11) is 0. The minimum atomic E-state index is -2.25. The molecular formula is C8H14ClF2N. The van der Waals surface area contributed by atoms with Crippen LogP contribution in [0, 0.1) is 5.92 Å². The molecule has 1 aliphatic carbocycles. The van der Waals surface area contributed by atoms with Crippen LogP contribution in [0.15, 0.2) is 0 Å². The van der Waals surface area contributed by atoms with Crippen molar-refractivity contribution in [3.05, 3.63) is 0 Å². The van der Waals surface area contributed by atoms with Crippen molar-refractivity contribution in [2.24, 2.45) is 5.92 Å². The SMILES string of the molecule is FC(F)CNC1CCCC1CCl. The molecule has 1 N–H and O–H groups in total. The molecule has 0 radical (unpaired) electrons. The molecule has 1 aliphatic rings. The van der Waals surface area contributed by atoms with Gasteiger partial charge in [-0.3, -0.25) is 0 Å². The third kappa shape index (κ3) is 2.87. The maximum absolute atomic E-state index is 11.8. The van der Waals surface area contributed by atoms with Crippen LogP contribution in [0.4, 0.5) is 8.78 Å². The van der Waals surface area contributed by atoms with E-state index in [-0.39, 0.29) is 12.6 Å². The molecule has 4 heteroatoms. The van der Waals surface area contributed by atoms with E-state index >= 15 is 0 Å². The van der Waals surface area contributed by atoms with Gasteiger partial charge in [-0.05, 0) is 18.8 Å². The number of rotatable bonds is 4. The normalized spacial score (nSPS) is 30.0. The third-order valence-corrected chi connectivity index (χ3v) is 2.79. The Labute approximate surface area is 76.5 Å². The maximum Gasteiger partial charge on any atom is 0.250 e. The number of alkyl halides is 3. The van der Waals surface area contributed by atoms with Crippen LogP contribution < -0.4 is 5.32 Å². The molecule has 0 bridgehead atoms. The summed E-state index contributed by atoms with van der Waals surface area (Å²) in [6, 6.07) is 0.219. The van der Waals surface area contributed by atoms with Crippen LogP contribution in [-0.4, -0.2) is 24.9 Å². The van der Waals surface area contributed by atoms with Gasteiger partial charge >= 0.3 is 0 Å². The maximum atomic E-state index is 11.8. The van der Waals surface area contributed by atoms with E-state index in [4.69, 9.17) is 11.6 Å². The number of halogens is 3. The van der Waals surface area contributed by atoms with Crippen LogP contribution in [0.3, 0.4) is 0 Å². The Balaban J connectivity index is 2.21. The summed E-state index contributed by atoms with van der Waals surface area (Å²) in [6.07, 6.45) is 0.925. The van der Waals surface area contributed by atoms with Gasteiger partial charge in [0.2, 0.25) is 0 Å². The van der Waals surface area contributed by atoms with Gasteiger partial charge in [0.1, 0.15) is 0 Å². The molecule has 2 atom stereocenters. The first kappa shape index (κ1) is 10.2. The van der Waals surface area contributed by atoms with Crippen molar-refractivity contribution in [3.8, 4) is 0 Å². The zero-order valence-corrected chi connectivity index (χ0v) is 7.66. The Morgan fingerprint density at radius 3 is 2.75 bits per heavy atom. The molecule has 0 aromatic rings. The summed E-state index contributed by atoms with van der Waals surface area (Å²) in [5, 5.41) is 2.85. The van der Waals surface area contributed by atoms with Crippen molar-refractivity contribution >= 4 is 11.6 Å². The van der Waals surface area contributed by atoms with Gasteiger partial charge in [0.05, 0.1) is 6.54 Å². The zero-order valence-electron chi connectivity index (χ0n) is 6.90. The molecule has 0 aromatic carbocycles. The number of nitrogens with one attached hydrogen (secondary N) is 1. The fourth-order valence-electron chi connectivity index (χ4n) is 1.73. The Morgan fingerprint density at radius 1 is 1.42 bits per heavy atom. The van der Waals surface area contributed by atoms with Crippen LogP contribution in [0.2, 0.25) is 0 Å². The second-order valence-electron chi connectivity index (χ2n) is 3.25. The van der Waals surface area contributed by atoms with Crippen molar-refractivity contribution in [1.29, 1.82) is 0 Å². The molecule has 2 unspecified atom stereocenters. The highest BCUT2D eigenvalue weighted by atomic mass is 35.5. The van der Waals surface area contributed by atoms with E-state index in [1.165, 1.54) is 0 Å². The van der Waals surface area contributed by atoms with Gasteiger partial charge < -0.3 is 5.32 Å². The first-order valence-electron chi connectivity index (χ1n) is 4.31. The molecule has 0 heterocycles. The van der Waals surface area contributed by atoms with E-state index in [0.29, 0.717) is 11.8 Å². The van der Waals surface area contributed by atoms with Gasteiger partial charge in [-0.1, -0.05) is 6.42 Å². The quantitative estimate of drug-likeness (QED) is 0.682. The van der Waals surface area contributed by atoms with Crippen LogP contribution >= 0.6 is 11.6 Å². The minimum absolute atomic E-state index is 0.196. The van der Waals surface area contributed by atoms with Gasteiger partial charge in [-0.25, -0.2) is 8.78 Å². The van der Waals surface area contributed by atoms with Crippen molar-refractivity contribution < 1.29 is 8.78 Å². The van der Waals surface area contributed by atoms with Gasteiger partial charge in [0, 0.05) is 11.9 Å². The summed E-state index contributed by atoms with van der Waals surface area (Å²) in [5.41, 5.74) is 0. The summed E-state index contributed by atoms with van der Waals surface area (Å²) in [6.45, 7) is -0.196. The lowest BCUT2D eigenvalue weighted by molar-refractivity contribution is 0.139. The number of hydrogen-bond donors (Lipinski definition) is 1. The van der Waals surface area contributed by atoms with Gasteiger partial charge in [-0.2, -0.15) is 0 Å². The summed E-state index contributed by atoms with van der Waals surface area (Å²) >= 11 is 5.69. The molecule has 1 fully saturated rings. The molecule has 0 aromatic heterocycles. The van der Waals surface area contributed by atoms with Gasteiger partial charge in [0.15, 0.2) is 0 Å². The fraction of sp³-hybridized carbons (Fsp3) is 1.00. The van der Waals surface area contributed by atoms with E-state index < -0.39 is 6.43 Å². The molecule has 0 saturated heterocycles. The topological polar surface area (TPSA) is 12.0 Å². The first-order valence-corrected chi connectivity index (χ1v) is 4.85. The van der Waals surface area contributed by atoms with E-state index in [9.17, 15) is 8.78 Å². The first-order chi connectivity index (χ1) is 5.74. The van der Waals surface area contributed by atoms with E-state index in [0.717, 1.165) is 19.3 Å². The Morgan fingerprint density at radius 2 is 2.17 bits per heavy atom. The monoisotopic (exact) mass is 197 g/mol. The molecule has 72 valence electrons. The fourth-order valence-corrected chi connectivity index (χ4v) is 2.10. The largest absolute Gasteiger partial charge is 0.308 e. The molecular weight excluding hydrogens is 184 g/mol. The van der Waals surface area contributed by atoms with E-state index in [1.54, 1.807) is 0 Å². The Kier molecular flexibility index (Phi) is 4.22. The molecule has 12 heavy (non-hydrogen) atoms. The highest BCUT2D eigenvalue weighted by Gasteiger charge is 2.26. The second-order valence-corrected chi connectivity index (χ2v) is 3.56. The van der Waals surface area contributed by atoms with Crippen LogP contribution in [0.1, 0.15) is 19.3 Å². The molecule has 1 saturated carbocycles. The highest BCUT2D eigenvalue weighted by Crippen LogP contribution is 2.26. The predicted octanol–water partition coefficient (Wildman–Crippen LogP) is 2.25. The lowest BCUT2D eigenvalue weighted by atomic mass is 10.1. The standard InChI is InChI=1S/C8H14ClF2N/c9-4-6-2-1-3-7(6)12-5-8(10)11/h6-8,12H,1-5H2. The Bertz CT molecular complexity index is 132. The second kappa shape index (κ2) is 4.97. The van der Waals surface area contributed by atoms with Crippen molar-refractivity contribution in [2.75, 3.05) is 12.4 Å². The van der Waals surface area contributed by atoms with Crippen molar-refractivity contribution in [1.82, 2.24) is 5.32 Å². The van der Waals surface area contributed by atoms with Gasteiger partial charge in [0.25, 0.3) is 6.43 Å². The third-order valence-electron chi connectivity index (χ3n) is 2.39. The molecule has 1 nitrogen and oxygen atoms in total. The van der Waals surface area contributed by atoms with E-state index in [1.807, 2.05) is 0 Å². The average molecular weight is 198 g/mol. The lowest BCUT2D eigenvalue weighted by Crippen LogP contribution is -2.36. The molecule has 0 aliphatic heterocycles. The van der Waals surface area contributed by atoms with Crippen LogP contribution in [-0.2, 0) is 0 Å². The summed E-state index contributed by atoms with van der Waals surface area (Å²) < 4.78 is 23.6. The summed E-state index contributed by atoms with van der Waals surface area (Å²) in [4.78, 5) is 0. The molecule has 0 amide bonds. The Hall–Kier alpha value is 0.110. The minimum Gasteiger partial charge on any atom is -0.308 e. The van der Waals surface area contributed by atoms with Crippen molar-refractivity contribution in [3.63, 3.8) is 0 Å². The zero-order chi connectivity index (χ0) is 8.97. The van der Waals surface area contributed by atoms with Crippen LogP contribution in [0.25, 0.3) is 0 Å². The summed E-state index contributed by atoms with van der Waals surface area (Å²) in [5.74, 6) is 0.978. The smallest absolute Gasteiger partial charge is 0.250 e. The number of hydrogen-bond acceptors (Lipinski definition) is 1. The average Bonchev–Trinajstić information content (AvgIpc) is 2.47. The molecule has 0 spiro atoms. The van der Waals surface area contributed by atoms with Crippen molar-refractivity contribution in [2.45, 2.75) is 31.7 Å². The molecule has 1 rings (SSSR count). The highest BCUT2D eigenvalue weighted by molar-refractivity contribution is 6.18. The van der Waals surface area contributed by atoms with Crippen LogP contribution in [0.5, 0.6) is 0 Å². The van der Waals surface area contributed by atoms with E-state index in [2.05, 4.69) is 5.32 Å².